The molecule has 0 bridgehead atoms. The predicted molar refractivity (Wildman–Crippen MR) is 108 cm³/mol. The molecule has 0 unspecified atom stereocenters. The molecule has 2 aromatic heterocycles. The fraction of sp³-hybridized carbons (Fsp3) is 0.0526. The van der Waals surface area contributed by atoms with Gasteiger partial charge in [-0.1, -0.05) is 18.2 Å². The van der Waals surface area contributed by atoms with Crippen molar-refractivity contribution in [1.82, 2.24) is 20.0 Å². The Hall–Kier alpha value is -3.76. The van der Waals surface area contributed by atoms with Crippen LogP contribution in [0.4, 0.5) is 5.69 Å². The van der Waals surface area contributed by atoms with E-state index in [9.17, 15) is 14.8 Å². The topological polar surface area (TPSA) is 136 Å². The van der Waals surface area contributed by atoms with Crippen molar-refractivity contribution in [2.45, 2.75) is 0 Å². The first-order chi connectivity index (χ1) is 14.0. The number of benzene rings is 2. The smallest absolute Gasteiger partial charge is 0.465 e. The van der Waals surface area contributed by atoms with Gasteiger partial charge in [-0.05, 0) is 29.2 Å². The highest BCUT2D eigenvalue weighted by Gasteiger charge is 2.18. The molecule has 0 aliphatic heterocycles. The number of ether oxygens (including phenoxy) is 1. The van der Waals surface area contributed by atoms with Gasteiger partial charge in [-0.25, -0.2) is 9.48 Å². The number of nitrogens with zero attached hydrogens (tertiary/aromatic N) is 4. The summed E-state index contributed by atoms with van der Waals surface area (Å²) in [5, 5.41) is 32.2. The molecule has 0 atom stereocenters. The molecule has 9 nitrogen and oxygen atoms in total. The van der Waals surface area contributed by atoms with Crippen molar-refractivity contribution < 1.29 is 19.6 Å². The molecule has 0 aliphatic carbocycles. The van der Waals surface area contributed by atoms with Gasteiger partial charge < -0.3 is 20.5 Å². The van der Waals surface area contributed by atoms with Crippen LogP contribution < -0.4 is 11.2 Å². The van der Waals surface area contributed by atoms with Crippen molar-refractivity contribution in [3.8, 4) is 16.8 Å². The number of fused-ring (bicyclic) bond motifs is 1. The van der Waals surface area contributed by atoms with Gasteiger partial charge in [0.15, 0.2) is 0 Å². The zero-order chi connectivity index (χ0) is 20.5. The van der Waals surface area contributed by atoms with Gasteiger partial charge in [0, 0.05) is 17.1 Å². The van der Waals surface area contributed by atoms with Gasteiger partial charge in [-0.15, -0.1) is 0 Å². The molecule has 4 rings (SSSR count). The van der Waals surface area contributed by atoms with E-state index in [4.69, 9.17) is 10.5 Å². The number of anilines is 1. The molecule has 144 valence electrons. The first kappa shape index (κ1) is 18.6. The first-order valence-electron chi connectivity index (χ1n) is 8.62. The molecule has 4 aromatic rings. The minimum Gasteiger partial charge on any atom is -0.465 e. The van der Waals surface area contributed by atoms with E-state index in [0.717, 1.165) is 10.9 Å². The van der Waals surface area contributed by atoms with Gasteiger partial charge in [0.2, 0.25) is 0 Å². The molecule has 29 heavy (non-hydrogen) atoms. The van der Waals surface area contributed by atoms with E-state index >= 15 is 0 Å². The highest BCUT2D eigenvalue weighted by Crippen LogP contribution is 2.29. The number of hydrogen-bond donors (Lipinski definition) is 3. The second-order valence-corrected chi connectivity index (χ2v) is 6.35. The van der Waals surface area contributed by atoms with Crippen molar-refractivity contribution in [3.05, 3.63) is 60.6 Å². The fourth-order valence-corrected chi connectivity index (χ4v) is 3.07. The molecule has 2 aromatic carbocycles. The summed E-state index contributed by atoms with van der Waals surface area (Å²) in [6.45, 7) is 0. The maximum absolute atomic E-state index is 11.8. The number of esters is 1. The Morgan fingerprint density at radius 3 is 2.76 bits per heavy atom. The molecule has 2 heterocycles. The van der Waals surface area contributed by atoms with E-state index < -0.39 is 13.1 Å². The summed E-state index contributed by atoms with van der Waals surface area (Å²) in [6, 6.07) is 10.4. The van der Waals surface area contributed by atoms with E-state index in [-0.39, 0.29) is 0 Å². The largest absolute Gasteiger partial charge is 0.488 e. The van der Waals surface area contributed by atoms with Crippen LogP contribution in [-0.2, 0) is 4.74 Å². The minimum absolute atomic E-state index is 0.293. The summed E-state index contributed by atoms with van der Waals surface area (Å²) < 4.78 is 6.24. The number of carbonyl (C=O) groups is 1. The fourth-order valence-electron chi connectivity index (χ4n) is 3.07. The Morgan fingerprint density at radius 2 is 2.00 bits per heavy atom. The summed E-state index contributed by atoms with van der Waals surface area (Å²) in [5.41, 5.74) is 9.68. The lowest BCUT2D eigenvalue weighted by Gasteiger charge is -2.13. The molecular weight excluding hydrogens is 373 g/mol. The quantitative estimate of drug-likeness (QED) is 0.340. The molecule has 0 amide bonds. The predicted octanol–water partition coefficient (Wildman–Crippen LogP) is 0.531. The van der Waals surface area contributed by atoms with Gasteiger partial charge in [0.25, 0.3) is 0 Å². The molecule has 0 fully saturated rings. The van der Waals surface area contributed by atoms with Crippen LogP contribution in [0.15, 0.2) is 55.0 Å². The number of hydrogen-bond acceptors (Lipinski definition) is 8. The SMILES string of the molecule is COC(=O)c1cnn(-c2ccc(B(O)O)cc2-c2ccc3c(N)cnnc3c2)c1. The van der Waals surface area contributed by atoms with Crippen molar-refractivity contribution in [2.75, 3.05) is 12.8 Å². The Balaban J connectivity index is 1.90. The normalized spacial score (nSPS) is 10.9. The van der Waals surface area contributed by atoms with Crippen LogP contribution in [0.25, 0.3) is 27.7 Å². The van der Waals surface area contributed by atoms with Crippen LogP contribution >= 0.6 is 0 Å². The van der Waals surface area contributed by atoms with Gasteiger partial charge in [-0.3, -0.25) is 0 Å². The average molecular weight is 389 g/mol. The van der Waals surface area contributed by atoms with Crippen LogP contribution in [0.3, 0.4) is 0 Å². The van der Waals surface area contributed by atoms with Crippen LogP contribution in [0.2, 0.25) is 0 Å². The average Bonchev–Trinajstić information content (AvgIpc) is 3.22. The van der Waals surface area contributed by atoms with E-state index in [2.05, 4.69) is 15.3 Å². The van der Waals surface area contributed by atoms with Gasteiger partial charge in [-0.2, -0.15) is 15.3 Å². The monoisotopic (exact) mass is 389 g/mol. The van der Waals surface area contributed by atoms with E-state index in [1.807, 2.05) is 12.1 Å². The van der Waals surface area contributed by atoms with E-state index in [1.54, 1.807) is 30.5 Å². The number of nitrogen functional groups attached to an aromatic ring is 1. The second kappa shape index (κ2) is 7.34. The van der Waals surface area contributed by atoms with Crippen LogP contribution in [-0.4, -0.2) is 50.2 Å². The highest BCUT2D eigenvalue weighted by atomic mass is 16.5. The summed E-state index contributed by atoms with van der Waals surface area (Å²) in [4.78, 5) is 11.8. The maximum Gasteiger partial charge on any atom is 0.488 e. The lowest BCUT2D eigenvalue weighted by Crippen LogP contribution is -2.30. The third kappa shape index (κ3) is 3.42. The Bertz CT molecular complexity index is 1220. The third-order valence-corrected chi connectivity index (χ3v) is 4.55. The van der Waals surface area contributed by atoms with Crippen molar-refractivity contribution in [3.63, 3.8) is 0 Å². The van der Waals surface area contributed by atoms with Gasteiger partial charge in [0.1, 0.15) is 0 Å². The number of aromatic nitrogens is 4. The lowest BCUT2D eigenvalue weighted by molar-refractivity contribution is 0.0600. The molecule has 0 spiro atoms. The maximum atomic E-state index is 11.8. The number of rotatable bonds is 4. The summed E-state index contributed by atoms with van der Waals surface area (Å²) in [5.74, 6) is -0.503. The zero-order valence-electron chi connectivity index (χ0n) is 15.4. The van der Waals surface area contributed by atoms with E-state index in [0.29, 0.717) is 33.5 Å². The lowest BCUT2D eigenvalue weighted by atomic mass is 9.78. The molecule has 0 radical (unpaired) electrons. The van der Waals surface area contributed by atoms with Crippen molar-refractivity contribution >= 4 is 35.1 Å². The molecular formula is C19H16BN5O4. The van der Waals surface area contributed by atoms with Gasteiger partial charge in [0.05, 0.1) is 42.0 Å². The van der Waals surface area contributed by atoms with Crippen LogP contribution in [0.1, 0.15) is 10.4 Å². The number of carbonyl (C=O) groups excluding carboxylic acids is 1. The molecule has 4 N–H and O–H groups in total. The highest BCUT2D eigenvalue weighted by molar-refractivity contribution is 6.58. The van der Waals surface area contributed by atoms with Crippen molar-refractivity contribution in [2.24, 2.45) is 0 Å². The van der Waals surface area contributed by atoms with Gasteiger partial charge >= 0.3 is 13.1 Å². The van der Waals surface area contributed by atoms with E-state index in [1.165, 1.54) is 24.2 Å². The third-order valence-electron chi connectivity index (χ3n) is 4.55. The molecule has 0 saturated heterocycles. The Kier molecular flexibility index (Phi) is 4.71. The number of methoxy groups -OCH3 is 1. The summed E-state index contributed by atoms with van der Waals surface area (Å²) >= 11 is 0. The van der Waals surface area contributed by atoms with Crippen LogP contribution in [0, 0.1) is 0 Å². The molecule has 0 aliphatic rings. The first-order valence-corrected chi connectivity index (χ1v) is 8.62. The standard InChI is InChI=1S/C19H16BN5O4/c1-29-19(26)12-8-23-25(10-12)18-5-3-13(20(27)28)7-15(18)11-2-4-14-16(21)9-22-24-17(14)6-11/h2-10,27-28H,1H3,(H2,21,24). The summed E-state index contributed by atoms with van der Waals surface area (Å²) in [7, 11) is -0.341. The Morgan fingerprint density at radius 1 is 1.17 bits per heavy atom. The minimum atomic E-state index is -1.64. The zero-order valence-corrected chi connectivity index (χ0v) is 15.4. The van der Waals surface area contributed by atoms with Crippen LogP contribution in [0.5, 0.6) is 0 Å². The molecule has 10 heteroatoms. The summed E-state index contributed by atoms with van der Waals surface area (Å²) in [6.07, 6.45) is 4.42. The van der Waals surface area contributed by atoms with Crippen molar-refractivity contribution in [1.29, 1.82) is 0 Å². The Labute approximate surface area is 165 Å². The number of nitrogens with two attached hydrogens (primary N) is 1. The second-order valence-electron chi connectivity index (χ2n) is 6.35. The molecule has 0 saturated carbocycles.